The van der Waals surface area contributed by atoms with Crippen molar-refractivity contribution < 1.29 is 0 Å². The van der Waals surface area contributed by atoms with E-state index in [4.69, 9.17) is 0 Å². The van der Waals surface area contributed by atoms with E-state index in [-0.39, 0.29) is 0 Å². The summed E-state index contributed by atoms with van der Waals surface area (Å²) in [6.45, 7) is 0. The van der Waals surface area contributed by atoms with Crippen molar-refractivity contribution in [2.45, 2.75) is 0 Å². The van der Waals surface area contributed by atoms with Crippen LogP contribution in [0.25, 0.3) is 10.6 Å². The topological polar surface area (TPSA) is 12.9 Å². The number of benzene rings is 1. The Bertz CT molecular complexity index is 285. The highest BCUT2D eigenvalue weighted by atomic mass is 31.8. The molecule has 0 bridgehead atoms. The van der Waals surface area contributed by atoms with Crippen LogP contribution in [0.15, 0.2) is 24.3 Å². The van der Waals surface area contributed by atoms with Crippen LogP contribution in [0.4, 0.5) is 0 Å². The Morgan fingerprint density at radius 1 is 1.33 bits per heavy atom. The quantitative estimate of drug-likeness (QED) is 0.567. The van der Waals surface area contributed by atoms with Gasteiger partial charge in [-0.2, -0.15) is 0 Å². The van der Waals surface area contributed by atoms with Gasteiger partial charge in [0.2, 0.25) is 0 Å². The third-order valence-electron chi connectivity index (χ3n) is 1.22. The minimum absolute atomic E-state index is 0.744. The van der Waals surface area contributed by atoms with Gasteiger partial charge in [0, 0.05) is 5.12 Å². The molecule has 0 saturated heterocycles. The second kappa shape index (κ2) is 2.10. The lowest BCUT2D eigenvalue weighted by Gasteiger charge is -1.80. The van der Waals surface area contributed by atoms with Crippen molar-refractivity contribution in [2.24, 2.45) is 0 Å². The van der Waals surface area contributed by atoms with Gasteiger partial charge in [-0.05, 0) is 28.0 Å². The van der Waals surface area contributed by atoms with Crippen molar-refractivity contribution in [3.63, 3.8) is 0 Å². The van der Waals surface area contributed by atoms with Crippen LogP contribution in [0.3, 0.4) is 0 Å². The first-order valence-corrected chi connectivity index (χ1v) is 5.41. The van der Waals surface area contributed by atoms with Crippen LogP contribution in [-0.2, 0) is 0 Å². The second-order valence-corrected chi connectivity index (χ2v) is 4.21. The molecule has 3 heteroatoms. The molecule has 0 aliphatic carbocycles. The number of hydrogen-bond donors (Lipinski definition) is 0. The summed E-state index contributed by atoms with van der Waals surface area (Å²) in [6.07, 6.45) is 0. The lowest BCUT2D eigenvalue weighted by atomic mass is 10.3. The molecule has 1 aromatic carbocycles. The summed E-state index contributed by atoms with van der Waals surface area (Å²) in [5.74, 6) is 0. The van der Waals surface area contributed by atoms with Gasteiger partial charge in [0.25, 0.3) is 0 Å². The smallest absolute Gasteiger partial charge is 0.0793 e. The summed E-state index contributed by atoms with van der Waals surface area (Å²) in [7, 11) is 2.13. The molecular formula is C6H5NP2. The number of hydrogen-bond acceptors (Lipinski definition) is 1. The van der Waals surface area contributed by atoms with E-state index in [9.17, 15) is 0 Å². The number of rotatable bonds is 0. The molecular weight excluding hydrogens is 148 g/mol. The third-order valence-corrected chi connectivity index (χ3v) is 3.61. The van der Waals surface area contributed by atoms with Crippen molar-refractivity contribution in [3.8, 4) is 0 Å². The van der Waals surface area contributed by atoms with Crippen LogP contribution in [0.2, 0.25) is 0 Å². The largest absolute Gasteiger partial charge is 0.235 e. The molecule has 2 aromatic rings. The van der Waals surface area contributed by atoms with Gasteiger partial charge in [0.15, 0.2) is 0 Å². The first-order valence-electron chi connectivity index (χ1n) is 2.72. The van der Waals surface area contributed by atoms with Crippen LogP contribution < -0.4 is 0 Å². The van der Waals surface area contributed by atoms with Crippen molar-refractivity contribution in [1.29, 1.82) is 0 Å². The summed E-state index contributed by atoms with van der Waals surface area (Å²) >= 11 is 0. The average molecular weight is 153 g/mol. The minimum atomic E-state index is 0.744. The van der Waals surface area contributed by atoms with Gasteiger partial charge in [0.1, 0.15) is 0 Å². The fourth-order valence-corrected chi connectivity index (χ4v) is 3.10. The predicted molar refractivity (Wildman–Crippen MR) is 43.8 cm³/mol. The first-order chi connectivity index (χ1) is 4.47. The highest BCUT2D eigenvalue weighted by Gasteiger charge is 1.89. The maximum Gasteiger partial charge on any atom is 0.0793 e. The van der Waals surface area contributed by atoms with E-state index in [2.05, 4.69) is 22.9 Å². The molecule has 0 radical (unpaired) electrons. The molecule has 1 aromatic heterocycles. The Kier molecular flexibility index (Phi) is 1.26. The zero-order valence-corrected chi connectivity index (χ0v) is 6.60. The van der Waals surface area contributed by atoms with Gasteiger partial charge in [0.05, 0.1) is 5.52 Å². The Labute approximate surface area is 56.3 Å². The molecule has 0 aliphatic rings. The molecule has 1 atom stereocenters. The number of para-hydroxylation sites is 1. The molecule has 0 spiro atoms. The maximum atomic E-state index is 4.31. The molecule has 0 amide bonds. The van der Waals surface area contributed by atoms with E-state index in [1.54, 1.807) is 0 Å². The van der Waals surface area contributed by atoms with Crippen molar-refractivity contribution >= 4 is 26.5 Å². The van der Waals surface area contributed by atoms with E-state index in [1.807, 2.05) is 6.07 Å². The molecule has 0 saturated carbocycles. The zero-order valence-electron chi connectivity index (χ0n) is 4.70. The Morgan fingerprint density at radius 2 is 2.22 bits per heavy atom. The lowest BCUT2D eigenvalue weighted by Crippen LogP contribution is -1.60. The molecule has 44 valence electrons. The van der Waals surface area contributed by atoms with Crippen LogP contribution in [0.5, 0.6) is 0 Å². The lowest BCUT2D eigenvalue weighted by molar-refractivity contribution is 1.67. The molecule has 0 fully saturated rings. The average Bonchev–Trinajstić information content (AvgIpc) is 2.33. The minimum Gasteiger partial charge on any atom is -0.235 e. The Hall–Kier alpha value is -0.380. The summed E-state index contributed by atoms with van der Waals surface area (Å²) < 4.78 is 4.31. The highest BCUT2D eigenvalue weighted by molar-refractivity contribution is 7.91. The van der Waals surface area contributed by atoms with Crippen molar-refractivity contribution in [1.82, 2.24) is 4.75 Å². The monoisotopic (exact) mass is 153 g/mol. The summed E-state index contributed by atoms with van der Waals surface area (Å²) in [6, 6.07) is 8.31. The van der Waals surface area contributed by atoms with Gasteiger partial charge in [-0.1, -0.05) is 12.1 Å². The Morgan fingerprint density at radius 3 is 3.11 bits per heavy atom. The van der Waals surface area contributed by atoms with Gasteiger partial charge in [-0.25, -0.2) is 4.75 Å². The van der Waals surface area contributed by atoms with Crippen molar-refractivity contribution in [2.75, 3.05) is 0 Å². The fourth-order valence-electron chi connectivity index (χ4n) is 0.786. The van der Waals surface area contributed by atoms with Gasteiger partial charge >= 0.3 is 0 Å². The normalized spacial score (nSPS) is 12.0. The molecule has 1 nitrogen and oxygen atoms in total. The van der Waals surface area contributed by atoms with E-state index in [0.29, 0.717) is 0 Å². The zero-order chi connectivity index (χ0) is 6.10. The summed E-state index contributed by atoms with van der Waals surface area (Å²) in [5, 5.41) is 1.39. The highest BCUT2D eigenvalue weighted by Crippen LogP contribution is 2.29. The van der Waals surface area contributed by atoms with Gasteiger partial charge in [-0.15, -0.1) is 0 Å². The SMILES string of the molecule is c1ccc2p[pH]nc2c1. The Balaban J connectivity index is 2.95. The second-order valence-electron chi connectivity index (χ2n) is 1.81. The molecule has 2 rings (SSSR count). The van der Waals surface area contributed by atoms with E-state index in [1.165, 1.54) is 18.5 Å². The summed E-state index contributed by atoms with van der Waals surface area (Å²) in [5.41, 5.74) is 1.19. The van der Waals surface area contributed by atoms with E-state index in [0.717, 1.165) is 8.03 Å². The fraction of sp³-hybridized carbons (Fsp3) is 0. The molecule has 1 unspecified atom stereocenters. The standard InChI is InChI=1S/C6H5NP2/c1-2-4-6-5(3-1)7-9-8-6/h1-4,9H. The maximum absolute atomic E-state index is 4.31. The van der Waals surface area contributed by atoms with Crippen molar-refractivity contribution in [3.05, 3.63) is 24.3 Å². The molecule has 1 heterocycles. The number of fused-ring (bicyclic) bond motifs is 1. The van der Waals surface area contributed by atoms with E-state index >= 15 is 0 Å². The molecule has 0 aliphatic heterocycles. The predicted octanol–water partition coefficient (Wildman–Crippen LogP) is 2.85. The van der Waals surface area contributed by atoms with Crippen LogP contribution in [0, 0.1) is 0 Å². The number of nitrogens with zero attached hydrogens (tertiary/aromatic N) is 1. The number of aromatic nitrogens is 1. The van der Waals surface area contributed by atoms with Crippen LogP contribution in [0.1, 0.15) is 0 Å². The van der Waals surface area contributed by atoms with E-state index < -0.39 is 0 Å². The molecule has 9 heavy (non-hydrogen) atoms. The van der Waals surface area contributed by atoms with Gasteiger partial charge < -0.3 is 0 Å². The van der Waals surface area contributed by atoms with Gasteiger partial charge in [-0.3, -0.25) is 0 Å². The molecule has 0 N–H and O–H groups in total. The first kappa shape index (κ1) is 5.41. The van der Waals surface area contributed by atoms with Crippen LogP contribution >= 0.6 is 15.9 Å². The van der Waals surface area contributed by atoms with Crippen LogP contribution in [-0.4, -0.2) is 4.75 Å². The third kappa shape index (κ3) is 0.871. The summed E-state index contributed by atoms with van der Waals surface area (Å²) in [4.78, 5) is 0.